The molecule has 0 bridgehead atoms. The van der Waals surface area contributed by atoms with Crippen LogP contribution < -0.4 is 5.32 Å². The van der Waals surface area contributed by atoms with Gasteiger partial charge >= 0.3 is 0 Å². The third-order valence-electron chi connectivity index (χ3n) is 3.96. The maximum absolute atomic E-state index is 12.7. The molecule has 1 N–H and O–H groups in total. The first kappa shape index (κ1) is 15.5. The number of nitrogens with zero attached hydrogens (tertiary/aromatic N) is 1. The smallest absolute Gasteiger partial charge is 0.243 e. The molecule has 120 valence electrons. The number of ether oxygens (including phenoxy) is 1. The lowest BCUT2D eigenvalue weighted by Gasteiger charge is -2.32. The monoisotopic (exact) mass is 324 g/mol. The number of sulfonamides is 1. The van der Waals surface area contributed by atoms with E-state index in [1.807, 2.05) is 6.92 Å². The number of anilines is 1. The van der Waals surface area contributed by atoms with Crippen LogP contribution in [-0.2, 0) is 19.6 Å². The molecule has 2 aliphatic rings. The molecule has 1 amide bonds. The number of carbonyl (C=O) groups is 1. The van der Waals surface area contributed by atoms with E-state index >= 15 is 0 Å². The maximum Gasteiger partial charge on any atom is 0.243 e. The van der Waals surface area contributed by atoms with Crippen molar-refractivity contribution in [2.75, 3.05) is 25.1 Å². The Morgan fingerprint density at radius 1 is 1.36 bits per heavy atom. The number of carbonyl (C=O) groups excluding carboxylic acids is 1. The molecule has 1 atom stereocenters. The fourth-order valence-corrected chi connectivity index (χ4v) is 4.18. The summed E-state index contributed by atoms with van der Waals surface area (Å²) in [5, 5.41) is 2.78. The Kier molecular flexibility index (Phi) is 4.20. The van der Waals surface area contributed by atoms with Crippen molar-refractivity contribution >= 4 is 21.6 Å². The van der Waals surface area contributed by atoms with Crippen LogP contribution in [0.2, 0.25) is 0 Å². The summed E-state index contributed by atoms with van der Waals surface area (Å²) < 4.78 is 32.2. The second kappa shape index (κ2) is 5.98. The third-order valence-corrected chi connectivity index (χ3v) is 5.97. The van der Waals surface area contributed by atoms with E-state index in [-0.39, 0.29) is 22.8 Å². The van der Waals surface area contributed by atoms with Crippen LogP contribution in [0.25, 0.3) is 0 Å². The van der Waals surface area contributed by atoms with E-state index in [0.717, 1.165) is 12.8 Å². The van der Waals surface area contributed by atoms with Gasteiger partial charge < -0.3 is 10.1 Å². The van der Waals surface area contributed by atoms with Crippen molar-refractivity contribution in [2.24, 2.45) is 5.92 Å². The zero-order chi connectivity index (χ0) is 15.7. The zero-order valence-electron chi connectivity index (χ0n) is 12.5. The second-order valence-electron chi connectivity index (χ2n) is 5.83. The lowest BCUT2D eigenvalue weighted by Crippen LogP contribution is -2.46. The summed E-state index contributed by atoms with van der Waals surface area (Å²) in [6.45, 7) is 2.98. The second-order valence-corrected chi connectivity index (χ2v) is 7.72. The molecule has 1 aromatic carbocycles. The fraction of sp³-hybridized carbons (Fsp3) is 0.533. The minimum Gasteiger partial charge on any atom is -0.378 e. The highest BCUT2D eigenvalue weighted by molar-refractivity contribution is 7.89. The maximum atomic E-state index is 12.7. The average Bonchev–Trinajstić information content (AvgIpc) is 3.32. The van der Waals surface area contributed by atoms with Crippen molar-refractivity contribution in [2.45, 2.75) is 30.7 Å². The van der Waals surface area contributed by atoms with E-state index in [0.29, 0.717) is 25.4 Å². The number of hydrogen-bond donors (Lipinski definition) is 1. The molecule has 1 aliphatic heterocycles. The van der Waals surface area contributed by atoms with Gasteiger partial charge in [-0.15, -0.1) is 0 Å². The Hall–Kier alpha value is -1.44. The largest absolute Gasteiger partial charge is 0.378 e. The number of hydrogen-bond acceptors (Lipinski definition) is 4. The van der Waals surface area contributed by atoms with Gasteiger partial charge in [0.2, 0.25) is 15.9 Å². The lowest BCUT2D eigenvalue weighted by molar-refractivity contribution is -0.117. The van der Waals surface area contributed by atoms with Crippen molar-refractivity contribution in [3.8, 4) is 0 Å². The van der Waals surface area contributed by atoms with Crippen LogP contribution in [0.5, 0.6) is 0 Å². The van der Waals surface area contributed by atoms with Crippen molar-refractivity contribution < 1.29 is 17.9 Å². The van der Waals surface area contributed by atoms with E-state index in [2.05, 4.69) is 5.32 Å². The van der Waals surface area contributed by atoms with Crippen LogP contribution >= 0.6 is 0 Å². The van der Waals surface area contributed by atoms with Gasteiger partial charge in [-0.25, -0.2) is 8.42 Å². The Morgan fingerprint density at radius 2 is 2.14 bits per heavy atom. The Bertz CT molecular complexity index is 670. The van der Waals surface area contributed by atoms with E-state index in [4.69, 9.17) is 4.74 Å². The molecule has 1 saturated carbocycles. The van der Waals surface area contributed by atoms with Gasteiger partial charge in [0.25, 0.3) is 0 Å². The van der Waals surface area contributed by atoms with Gasteiger partial charge in [-0.05, 0) is 38.0 Å². The Morgan fingerprint density at radius 3 is 2.82 bits per heavy atom. The van der Waals surface area contributed by atoms with Gasteiger partial charge in [-0.3, -0.25) is 4.79 Å². The summed E-state index contributed by atoms with van der Waals surface area (Å²) in [7, 11) is -3.57. The number of morpholine rings is 1. The Labute approximate surface area is 130 Å². The summed E-state index contributed by atoms with van der Waals surface area (Å²) in [4.78, 5) is 12.0. The van der Waals surface area contributed by atoms with Crippen molar-refractivity contribution in [3.63, 3.8) is 0 Å². The molecule has 1 aliphatic carbocycles. The highest BCUT2D eigenvalue weighted by atomic mass is 32.2. The molecule has 0 aromatic heterocycles. The first-order valence-corrected chi connectivity index (χ1v) is 8.93. The molecule has 1 unspecified atom stereocenters. The predicted molar refractivity (Wildman–Crippen MR) is 82.0 cm³/mol. The molecule has 0 spiro atoms. The lowest BCUT2D eigenvalue weighted by atomic mass is 10.3. The molecular formula is C15H20N2O4S. The summed E-state index contributed by atoms with van der Waals surface area (Å²) in [6, 6.07) is 6.26. The van der Waals surface area contributed by atoms with Crippen LogP contribution in [0.15, 0.2) is 29.2 Å². The molecule has 22 heavy (non-hydrogen) atoms. The number of nitrogens with one attached hydrogen (secondary N) is 1. The molecule has 1 saturated heterocycles. The highest BCUT2D eigenvalue weighted by Crippen LogP contribution is 2.30. The molecule has 1 aromatic rings. The zero-order valence-corrected chi connectivity index (χ0v) is 13.3. The molecular weight excluding hydrogens is 304 g/mol. The van der Waals surface area contributed by atoms with E-state index in [9.17, 15) is 13.2 Å². The number of amides is 1. The molecule has 1 heterocycles. The minimum absolute atomic E-state index is 0.0331. The van der Waals surface area contributed by atoms with Crippen LogP contribution in [0.4, 0.5) is 5.69 Å². The standard InChI is InChI=1S/C15H20N2O4S/c1-11-10-21-8-7-17(11)22(19,20)14-4-2-3-13(9-14)16-15(18)12-5-6-12/h2-4,9,11-12H,5-8,10H2,1H3,(H,16,18). The first-order valence-electron chi connectivity index (χ1n) is 7.49. The van der Waals surface area contributed by atoms with Crippen LogP contribution in [0, 0.1) is 5.92 Å². The molecule has 6 nitrogen and oxygen atoms in total. The normalized spacial score (nSPS) is 23.2. The van der Waals surface area contributed by atoms with Crippen LogP contribution in [0.1, 0.15) is 19.8 Å². The fourth-order valence-electron chi connectivity index (χ4n) is 2.53. The molecule has 2 fully saturated rings. The molecule has 7 heteroatoms. The van der Waals surface area contributed by atoms with Crippen molar-refractivity contribution in [1.29, 1.82) is 0 Å². The summed E-state index contributed by atoms with van der Waals surface area (Å²) in [5.74, 6) is 0.0498. The van der Waals surface area contributed by atoms with Crippen LogP contribution in [-0.4, -0.2) is 44.4 Å². The summed E-state index contributed by atoms with van der Waals surface area (Å²) in [5.41, 5.74) is 0.527. The highest BCUT2D eigenvalue weighted by Gasteiger charge is 2.32. The first-order chi connectivity index (χ1) is 10.5. The minimum atomic E-state index is -3.57. The predicted octanol–water partition coefficient (Wildman–Crippen LogP) is 1.44. The van der Waals surface area contributed by atoms with Gasteiger partial charge in [0.15, 0.2) is 0 Å². The SMILES string of the molecule is CC1COCCN1S(=O)(=O)c1cccc(NC(=O)C2CC2)c1. The topological polar surface area (TPSA) is 75.7 Å². The third kappa shape index (κ3) is 3.16. The van der Waals surface area contributed by atoms with Crippen molar-refractivity contribution in [3.05, 3.63) is 24.3 Å². The van der Waals surface area contributed by atoms with E-state index in [1.54, 1.807) is 18.2 Å². The molecule has 0 radical (unpaired) electrons. The van der Waals surface area contributed by atoms with Gasteiger partial charge in [0, 0.05) is 24.2 Å². The average molecular weight is 324 g/mol. The number of benzene rings is 1. The quantitative estimate of drug-likeness (QED) is 0.909. The summed E-state index contributed by atoms with van der Waals surface area (Å²) in [6.07, 6.45) is 1.82. The van der Waals surface area contributed by atoms with Gasteiger partial charge in [-0.2, -0.15) is 4.31 Å². The van der Waals surface area contributed by atoms with Gasteiger partial charge in [0.1, 0.15) is 0 Å². The van der Waals surface area contributed by atoms with Crippen molar-refractivity contribution in [1.82, 2.24) is 4.31 Å². The van der Waals surface area contributed by atoms with E-state index < -0.39 is 10.0 Å². The number of rotatable bonds is 4. The van der Waals surface area contributed by atoms with Gasteiger partial charge in [-0.1, -0.05) is 6.07 Å². The van der Waals surface area contributed by atoms with Gasteiger partial charge in [0.05, 0.1) is 18.1 Å². The Balaban J connectivity index is 1.82. The summed E-state index contributed by atoms with van der Waals surface area (Å²) >= 11 is 0. The molecule has 3 rings (SSSR count). The van der Waals surface area contributed by atoms with E-state index in [1.165, 1.54) is 10.4 Å². The van der Waals surface area contributed by atoms with Crippen LogP contribution in [0.3, 0.4) is 0 Å².